The number of hydrogen-bond donors (Lipinski definition) is 2. The number of rotatable bonds is 3. The van der Waals surface area contributed by atoms with Gasteiger partial charge >= 0.3 is 5.97 Å². The van der Waals surface area contributed by atoms with Gasteiger partial charge in [0.15, 0.2) is 0 Å². The Kier molecular flexibility index (Phi) is 4.65. The minimum absolute atomic E-state index is 0.0778. The smallest absolute Gasteiger partial charge is 0.328 e. The van der Waals surface area contributed by atoms with Gasteiger partial charge in [-0.3, -0.25) is 14.6 Å². The molecular formula is C14H15N3O4. The van der Waals surface area contributed by atoms with Gasteiger partial charge in [-0.2, -0.15) is 0 Å². The van der Waals surface area contributed by atoms with Crippen LogP contribution in [0.25, 0.3) is 6.08 Å². The number of hydrogen-bond acceptors (Lipinski definition) is 4. The Morgan fingerprint density at radius 3 is 2.95 bits per heavy atom. The van der Waals surface area contributed by atoms with E-state index >= 15 is 0 Å². The number of aromatic nitrogens is 1. The summed E-state index contributed by atoms with van der Waals surface area (Å²) in [6.07, 6.45) is 5.47. The highest BCUT2D eigenvalue weighted by atomic mass is 16.4. The van der Waals surface area contributed by atoms with Crippen molar-refractivity contribution in [1.82, 2.24) is 15.2 Å². The van der Waals surface area contributed by atoms with Crippen molar-refractivity contribution in [2.75, 3.05) is 19.6 Å². The van der Waals surface area contributed by atoms with Gasteiger partial charge in [-0.05, 0) is 12.1 Å². The molecule has 1 saturated heterocycles. The molecule has 0 aliphatic carbocycles. The quantitative estimate of drug-likeness (QED) is 0.771. The molecule has 1 aromatic rings. The first-order chi connectivity index (χ1) is 10.1. The monoisotopic (exact) mass is 289 g/mol. The second kappa shape index (κ2) is 6.65. The number of aliphatic carboxylic acids is 1. The van der Waals surface area contributed by atoms with Crippen molar-refractivity contribution in [2.45, 2.75) is 6.42 Å². The van der Waals surface area contributed by atoms with Gasteiger partial charge in [-0.1, -0.05) is 0 Å². The summed E-state index contributed by atoms with van der Waals surface area (Å²) >= 11 is 0. The van der Waals surface area contributed by atoms with Crippen LogP contribution in [0.15, 0.2) is 24.5 Å². The summed E-state index contributed by atoms with van der Waals surface area (Å²) in [5.74, 6) is -1.41. The second-order valence-corrected chi connectivity index (χ2v) is 4.53. The van der Waals surface area contributed by atoms with Crippen molar-refractivity contribution < 1.29 is 19.5 Å². The van der Waals surface area contributed by atoms with Crippen LogP contribution in [0.4, 0.5) is 0 Å². The van der Waals surface area contributed by atoms with E-state index in [0.717, 1.165) is 6.08 Å². The van der Waals surface area contributed by atoms with Crippen LogP contribution in [0.1, 0.15) is 22.3 Å². The fraction of sp³-hybridized carbons (Fsp3) is 0.286. The summed E-state index contributed by atoms with van der Waals surface area (Å²) < 4.78 is 0. The van der Waals surface area contributed by atoms with Crippen LogP contribution in [0.3, 0.4) is 0 Å². The number of nitrogens with one attached hydrogen (secondary N) is 1. The van der Waals surface area contributed by atoms with Crippen LogP contribution in [0, 0.1) is 0 Å². The van der Waals surface area contributed by atoms with Gasteiger partial charge in [0.1, 0.15) is 0 Å². The Morgan fingerprint density at radius 1 is 1.38 bits per heavy atom. The highest BCUT2D eigenvalue weighted by Gasteiger charge is 2.21. The van der Waals surface area contributed by atoms with Gasteiger partial charge < -0.3 is 15.3 Å². The molecule has 1 aliphatic rings. The maximum absolute atomic E-state index is 12.5. The Bertz CT molecular complexity index is 598. The lowest BCUT2D eigenvalue weighted by Crippen LogP contribution is -2.34. The summed E-state index contributed by atoms with van der Waals surface area (Å²) in [4.78, 5) is 39.9. The molecule has 2 amide bonds. The highest BCUT2D eigenvalue weighted by molar-refractivity contribution is 5.99. The summed E-state index contributed by atoms with van der Waals surface area (Å²) in [7, 11) is 0. The van der Waals surface area contributed by atoms with Crippen molar-refractivity contribution in [3.63, 3.8) is 0 Å². The zero-order chi connectivity index (χ0) is 15.2. The maximum Gasteiger partial charge on any atom is 0.328 e. The molecule has 0 bridgehead atoms. The van der Waals surface area contributed by atoms with Crippen LogP contribution < -0.4 is 5.32 Å². The Morgan fingerprint density at radius 2 is 2.19 bits per heavy atom. The highest BCUT2D eigenvalue weighted by Crippen LogP contribution is 2.13. The van der Waals surface area contributed by atoms with Crippen LogP contribution in [0.5, 0.6) is 0 Å². The summed E-state index contributed by atoms with van der Waals surface area (Å²) in [5, 5.41) is 11.4. The fourth-order valence-corrected chi connectivity index (χ4v) is 2.04. The number of carboxylic acids is 1. The predicted molar refractivity (Wildman–Crippen MR) is 74.4 cm³/mol. The first-order valence-electron chi connectivity index (χ1n) is 6.49. The molecule has 0 atom stereocenters. The van der Waals surface area contributed by atoms with E-state index in [4.69, 9.17) is 5.11 Å². The fourth-order valence-electron chi connectivity index (χ4n) is 2.04. The number of carbonyl (C=O) groups excluding carboxylic acids is 2. The third kappa shape index (κ3) is 3.88. The normalized spacial score (nSPS) is 15.6. The lowest BCUT2D eigenvalue weighted by molar-refractivity contribution is -0.131. The lowest BCUT2D eigenvalue weighted by Gasteiger charge is -2.20. The number of carboxylic acid groups (broad SMARTS) is 1. The van der Waals surface area contributed by atoms with Gasteiger partial charge in [0.05, 0.1) is 0 Å². The van der Waals surface area contributed by atoms with E-state index in [9.17, 15) is 14.4 Å². The molecule has 0 unspecified atom stereocenters. The predicted octanol–water partition coefficient (Wildman–Crippen LogP) is 0.142. The number of pyridine rings is 1. The molecule has 1 fully saturated rings. The van der Waals surface area contributed by atoms with Crippen LogP contribution in [-0.2, 0) is 9.59 Å². The van der Waals surface area contributed by atoms with Gasteiger partial charge in [-0.15, -0.1) is 0 Å². The molecule has 0 aromatic carbocycles. The average Bonchev–Trinajstić information content (AvgIpc) is 2.69. The molecule has 7 nitrogen and oxygen atoms in total. The molecule has 2 N–H and O–H groups in total. The number of carbonyl (C=O) groups is 3. The van der Waals surface area contributed by atoms with Crippen molar-refractivity contribution in [2.24, 2.45) is 0 Å². The van der Waals surface area contributed by atoms with Crippen LogP contribution >= 0.6 is 0 Å². The number of nitrogens with zero attached hydrogens (tertiary/aromatic N) is 2. The van der Waals surface area contributed by atoms with Crippen molar-refractivity contribution in [3.05, 3.63) is 35.7 Å². The summed E-state index contributed by atoms with van der Waals surface area (Å²) in [6.45, 7) is 1.18. The Labute approximate surface area is 121 Å². The first kappa shape index (κ1) is 14.7. The molecule has 21 heavy (non-hydrogen) atoms. The zero-order valence-electron chi connectivity index (χ0n) is 11.3. The minimum atomic E-state index is -1.10. The summed E-state index contributed by atoms with van der Waals surface area (Å²) in [6, 6.07) is 1.55. The van der Waals surface area contributed by atoms with E-state index in [1.807, 2.05) is 0 Å². The standard InChI is InChI=1S/C14H15N3O4/c18-12-4-7-17(8-6-16-12)14(21)11-3-5-15-9-10(11)1-2-13(19)20/h1-3,5,9H,4,6-8H2,(H,16,18)(H,19,20). The molecule has 110 valence electrons. The SMILES string of the molecule is O=C(O)C=Cc1cnccc1C(=O)N1CCNC(=O)CC1. The van der Waals surface area contributed by atoms with Crippen LogP contribution in [-0.4, -0.2) is 52.4 Å². The Hall–Kier alpha value is -2.70. The first-order valence-corrected chi connectivity index (χ1v) is 6.49. The molecule has 0 radical (unpaired) electrons. The van der Waals surface area contributed by atoms with Gasteiger partial charge in [0, 0.05) is 55.7 Å². The third-order valence-corrected chi connectivity index (χ3v) is 3.09. The molecular weight excluding hydrogens is 274 g/mol. The van der Waals surface area contributed by atoms with Crippen molar-refractivity contribution in [3.8, 4) is 0 Å². The number of amides is 2. The topological polar surface area (TPSA) is 99.6 Å². The lowest BCUT2D eigenvalue weighted by atomic mass is 10.1. The van der Waals surface area contributed by atoms with E-state index in [-0.39, 0.29) is 18.2 Å². The van der Waals surface area contributed by atoms with Gasteiger partial charge in [0.2, 0.25) is 5.91 Å². The summed E-state index contributed by atoms with van der Waals surface area (Å²) in [5.41, 5.74) is 0.810. The van der Waals surface area contributed by atoms with E-state index in [2.05, 4.69) is 10.3 Å². The zero-order valence-corrected chi connectivity index (χ0v) is 11.3. The van der Waals surface area contributed by atoms with E-state index in [1.165, 1.54) is 18.5 Å². The van der Waals surface area contributed by atoms with Gasteiger partial charge in [-0.25, -0.2) is 4.79 Å². The average molecular weight is 289 g/mol. The Balaban J connectivity index is 2.22. The van der Waals surface area contributed by atoms with Crippen LogP contribution in [0.2, 0.25) is 0 Å². The van der Waals surface area contributed by atoms with E-state index < -0.39 is 5.97 Å². The van der Waals surface area contributed by atoms with E-state index in [1.54, 1.807) is 11.0 Å². The van der Waals surface area contributed by atoms with Crippen molar-refractivity contribution in [1.29, 1.82) is 0 Å². The van der Waals surface area contributed by atoms with Crippen molar-refractivity contribution >= 4 is 23.9 Å². The molecule has 2 rings (SSSR count). The molecule has 1 aromatic heterocycles. The molecule has 0 spiro atoms. The molecule has 2 heterocycles. The molecule has 0 saturated carbocycles. The second-order valence-electron chi connectivity index (χ2n) is 4.53. The van der Waals surface area contributed by atoms with E-state index in [0.29, 0.717) is 30.8 Å². The maximum atomic E-state index is 12.5. The largest absolute Gasteiger partial charge is 0.478 e. The molecule has 1 aliphatic heterocycles. The molecule has 7 heteroatoms. The third-order valence-electron chi connectivity index (χ3n) is 3.09. The minimum Gasteiger partial charge on any atom is -0.478 e. The van der Waals surface area contributed by atoms with Gasteiger partial charge in [0.25, 0.3) is 5.91 Å².